The number of pyridine rings is 1. The fraction of sp³-hybridized carbons (Fsp3) is 0.294. The van der Waals surface area contributed by atoms with Gasteiger partial charge in [0, 0.05) is 17.3 Å². The molecule has 1 fully saturated rings. The van der Waals surface area contributed by atoms with Gasteiger partial charge in [0.1, 0.15) is 6.04 Å². The highest BCUT2D eigenvalue weighted by atomic mass is 32.2. The molecule has 0 bridgehead atoms. The number of nitriles is 1. The fourth-order valence-corrected chi connectivity index (χ4v) is 3.71. The Bertz CT molecular complexity index is 846. The van der Waals surface area contributed by atoms with E-state index in [2.05, 4.69) is 16.4 Å². The van der Waals surface area contributed by atoms with Crippen LogP contribution in [0, 0.1) is 18.3 Å². The zero-order valence-electron chi connectivity index (χ0n) is 13.2. The van der Waals surface area contributed by atoms with Crippen LogP contribution in [-0.4, -0.2) is 45.9 Å². The van der Waals surface area contributed by atoms with Crippen LogP contribution in [0.25, 0.3) is 10.9 Å². The second-order valence-corrected chi connectivity index (χ2v) is 6.57. The Balaban J connectivity index is 1.73. The third-order valence-corrected chi connectivity index (χ3v) is 4.91. The maximum absolute atomic E-state index is 12.5. The van der Waals surface area contributed by atoms with Crippen molar-refractivity contribution < 1.29 is 9.59 Å². The van der Waals surface area contributed by atoms with Crippen LogP contribution in [0.2, 0.25) is 0 Å². The molecule has 7 heteroatoms. The Kier molecular flexibility index (Phi) is 4.67. The number of hydrogen-bond donors (Lipinski definition) is 1. The van der Waals surface area contributed by atoms with Gasteiger partial charge in [-0.05, 0) is 25.1 Å². The highest BCUT2D eigenvalue weighted by molar-refractivity contribution is 7.99. The molecular formula is C17H16N4O2S. The van der Waals surface area contributed by atoms with Crippen LogP contribution in [0.4, 0.5) is 0 Å². The van der Waals surface area contributed by atoms with Gasteiger partial charge in [-0.3, -0.25) is 14.6 Å². The molecular weight excluding hydrogens is 324 g/mol. The topological polar surface area (TPSA) is 86.1 Å². The molecule has 1 N–H and O–H groups in total. The van der Waals surface area contributed by atoms with Crippen molar-refractivity contribution in [2.45, 2.75) is 13.0 Å². The third-order valence-electron chi connectivity index (χ3n) is 3.89. The zero-order valence-corrected chi connectivity index (χ0v) is 14.0. The van der Waals surface area contributed by atoms with Crippen LogP contribution in [0.15, 0.2) is 30.5 Å². The number of aryl methyl sites for hydroxylation is 1. The molecule has 6 nitrogen and oxygen atoms in total. The number of carbonyl (C=O) groups is 2. The van der Waals surface area contributed by atoms with Gasteiger partial charge in [0.25, 0.3) is 5.91 Å². The number of nitrogens with zero attached hydrogens (tertiary/aromatic N) is 3. The molecule has 1 aromatic carbocycles. The highest BCUT2D eigenvalue weighted by Crippen LogP contribution is 2.20. The van der Waals surface area contributed by atoms with Gasteiger partial charge < -0.3 is 10.2 Å². The van der Waals surface area contributed by atoms with E-state index in [4.69, 9.17) is 5.26 Å². The average Bonchev–Trinajstić information content (AvgIpc) is 3.07. The van der Waals surface area contributed by atoms with Crippen molar-refractivity contribution in [3.63, 3.8) is 0 Å². The minimum atomic E-state index is -0.413. The van der Waals surface area contributed by atoms with Gasteiger partial charge >= 0.3 is 0 Å². The summed E-state index contributed by atoms with van der Waals surface area (Å²) in [6.07, 6.45) is 1.58. The lowest BCUT2D eigenvalue weighted by molar-refractivity contribution is -0.129. The molecule has 0 aliphatic carbocycles. The van der Waals surface area contributed by atoms with Crippen molar-refractivity contribution in [3.05, 3.63) is 41.6 Å². The maximum atomic E-state index is 12.5. The molecule has 3 rings (SSSR count). The predicted molar refractivity (Wildman–Crippen MR) is 92.4 cm³/mol. The first kappa shape index (κ1) is 16.3. The monoisotopic (exact) mass is 340 g/mol. The number of thioether (sulfide) groups is 1. The van der Waals surface area contributed by atoms with Crippen molar-refractivity contribution in [2.24, 2.45) is 0 Å². The Morgan fingerprint density at radius 1 is 1.46 bits per heavy atom. The number of fused-ring (bicyclic) bond motifs is 1. The van der Waals surface area contributed by atoms with Gasteiger partial charge in [-0.15, -0.1) is 11.8 Å². The summed E-state index contributed by atoms with van der Waals surface area (Å²) in [6.45, 7) is 1.83. The van der Waals surface area contributed by atoms with Crippen LogP contribution in [0.3, 0.4) is 0 Å². The van der Waals surface area contributed by atoms with Crippen LogP contribution in [-0.2, 0) is 4.79 Å². The minimum Gasteiger partial charge on any atom is -0.343 e. The summed E-state index contributed by atoms with van der Waals surface area (Å²) in [5.41, 5.74) is 2.26. The number of hydrogen-bond acceptors (Lipinski definition) is 5. The molecule has 24 heavy (non-hydrogen) atoms. The molecule has 2 amide bonds. The van der Waals surface area contributed by atoms with Crippen molar-refractivity contribution >= 4 is 34.5 Å². The van der Waals surface area contributed by atoms with Gasteiger partial charge in [0.2, 0.25) is 5.91 Å². The third kappa shape index (κ3) is 3.19. The first-order valence-corrected chi connectivity index (χ1v) is 8.66. The Morgan fingerprint density at radius 2 is 2.29 bits per heavy atom. The summed E-state index contributed by atoms with van der Waals surface area (Å²) >= 11 is 1.54. The number of amides is 2. The van der Waals surface area contributed by atoms with Gasteiger partial charge in [-0.2, -0.15) is 5.26 Å². The molecule has 1 aliphatic heterocycles. The minimum absolute atomic E-state index is 0.118. The second kappa shape index (κ2) is 6.89. The molecule has 1 atom stereocenters. The van der Waals surface area contributed by atoms with E-state index < -0.39 is 6.04 Å². The smallest absolute Gasteiger partial charge is 0.252 e. The molecule has 1 aliphatic rings. The van der Waals surface area contributed by atoms with Gasteiger partial charge in [0.05, 0.1) is 29.6 Å². The van der Waals surface area contributed by atoms with E-state index in [1.165, 1.54) is 16.7 Å². The molecule has 0 radical (unpaired) electrons. The lowest BCUT2D eigenvalue weighted by atomic mass is 10.1. The summed E-state index contributed by atoms with van der Waals surface area (Å²) in [5.74, 6) is 0.547. The molecule has 1 aromatic heterocycles. The van der Waals surface area contributed by atoms with Crippen molar-refractivity contribution in [1.82, 2.24) is 15.2 Å². The molecule has 2 aromatic rings. The van der Waals surface area contributed by atoms with E-state index in [0.717, 1.165) is 16.5 Å². The highest BCUT2D eigenvalue weighted by Gasteiger charge is 2.29. The van der Waals surface area contributed by atoms with Crippen molar-refractivity contribution in [3.8, 4) is 6.07 Å². The first-order valence-electron chi connectivity index (χ1n) is 7.50. The lowest BCUT2D eigenvalue weighted by Crippen LogP contribution is -2.42. The number of carbonyl (C=O) groups excluding carboxylic acids is 2. The van der Waals surface area contributed by atoms with E-state index in [1.54, 1.807) is 12.3 Å². The number of nitrogens with one attached hydrogen (secondary N) is 1. The molecule has 0 saturated carbocycles. The molecule has 0 unspecified atom stereocenters. The molecule has 1 saturated heterocycles. The Labute approximate surface area is 143 Å². The summed E-state index contributed by atoms with van der Waals surface area (Å²) in [4.78, 5) is 30.4. The summed E-state index contributed by atoms with van der Waals surface area (Å²) in [5, 5.41) is 12.4. The summed E-state index contributed by atoms with van der Waals surface area (Å²) in [7, 11) is 0. The standard InChI is InChI=1S/C17H16N4O2S/c1-11-2-3-15-14(6-11)13(4-5-19-15)17(23)20-8-16(22)21-10-24-9-12(21)7-18/h2-6,12H,8-10H2,1H3,(H,20,23)/t12-/m1/s1. The van der Waals surface area contributed by atoms with E-state index in [1.807, 2.05) is 25.1 Å². The SMILES string of the molecule is Cc1ccc2nccc(C(=O)NCC(=O)N3CSC[C@H]3C#N)c2c1. The van der Waals surface area contributed by atoms with Crippen molar-refractivity contribution in [2.75, 3.05) is 18.2 Å². The molecule has 2 heterocycles. The number of benzene rings is 1. The Hall–Kier alpha value is -2.59. The van der Waals surface area contributed by atoms with Crippen molar-refractivity contribution in [1.29, 1.82) is 5.26 Å². The number of aromatic nitrogens is 1. The van der Waals surface area contributed by atoms with Gasteiger partial charge in [-0.1, -0.05) is 11.6 Å². The van der Waals surface area contributed by atoms with Gasteiger partial charge in [0.15, 0.2) is 0 Å². The van der Waals surface area contributed by atoms with Crippen LogP contribution < -0.4 is 5.32 Å². The average molecular weight is 340 g/mol. The normalized spacial score (nSPS) is 16.8. The van der Waals surface area contributed by atoms with Crippen LogP contribution >= 0.6 is 11.8 Å². The van der Waals surface area contributed by atoms with E-state index in [0.29, 0.717) is 17.2 Å². The zero-order chi connectivity index (χ0) is 17.1. The second-order valence-electron chi connectivity index (χ2n) is 5.57. The number of rotatable bonds is 3. The van der Waals surface area contributed by atoms with E-state index in [9.17, 15) is 9.59 Å². The molecule has 0 spiro atoms. The summed E-state index contributed by atoms with van der Waals surface area (Å²) < 4.78 is 0. The summed E-state index contributed by atoms with van der Waals surface area (Å²) in [6, 6.07) is 9.05. The maximum Gasteiger partial charge on any atom is 0.252 e. The van der Waals surface area contributed by atoms with Gasteiger partial charge in [-0.25, -0.2) is 0 Å². The first-order chi connectivity index (χ1) is 11.6. The quantitative estimate of drug-likeness (QED) is 0.919. The lowest BCUT2D eigenvalue weighted by Gasteiger charge is -2.18. The fourth-order valence-electron chi connectivity index (χ4n) is 2.61. The molecule has 122 valence electrons. The van der Waals surface area contributed by atoms with E-state index >= 15 is 0 Å². The largest absolute Gasteiger partial charge is 0.343 e. The van der Waals surface area contributed by atoms with E-state index in [-0.39, 0.29) is 18.4 Å². The van der Waals surface area contributed by atoms with Crippen LogP contribution in [0.1, 0.15) is 15.9 Å². The Morgan fingerprint density at radius 3 is 3.08 bits per heavy atom. The van der Waals surface area contributed by atoms with Crippen LogP contribution in [0.5, 0.6) is 0 Å². The predicted octanol–water partition coefficient (Wildman–Crippen LogP) is 1.70.